The van der Waals surface area contributed by atoms with Crippen LogP contribution in [0.25, 0.3) is 10.6 Å². The number of aromatic nitrogens is 5. The summed E-state index contributed by atoms with van der Waals surface area (Å²) in [5, 5.41) is 12.9. The Balaban J connectivity index is 1.69. The fourth-order valence-electron chi connectivity index (χ4n) is 2.31. The summed E-state index contributed by atoms with van der Waals surface area (Å²) in [4.78, 5) is 17.4. The van der Waals surface area contributed by atoms with Gasteiger partial charge in [-0.05, 0) is 35.9 Å². The molecule has 0 spiro atoms. The van der Waals surface area contributed by atoms with Crippen LogP contribution in [0.2, 0.25) is 5.02 Å². The summed E-state index contributed by atoms with van der Waals surface area (Å²) < 4.78 is 7.05. The number of thiazole rings is 1. The van der Waals surface area contributed by atoms with Crippen molar-refractivity contribution in [1.29, 1.82) is 0 Å². The van der Waals surface area contributed by atoms with E-state index in [1.54, 1.807) is 23.7 Å². The van der Waals surface area contributed by atoms with Crippen LogP contribution in [0.15, 0.2) is 24.3 Å². The Morgan fingerprint density at radius 1 is 1.31 bits per heavy atom. The van der Waals surface area contributed by atoms with Gasteiger partial charge < -0.3 is 4.74 Å². The lowest BCUT2D eigenvalue weighted by Gasteiger charge is -2.04. The van der Waals surface area contributed by atoms with E-state index in [1.807, 2.05) is 12.1 Å². The quantitative estimate of drug-likeness (QED) is 0.568. The molecule has 0 atom stereocenters. The van der Waals surface area contributed by atoms with Gasteiger partial charge in [-0.3, -0.25) is 0 Å². The average Bonchev–Trinajstić information content (AvgIpc) is 3.25. The molecule has 0 radical (unpaired) electrons. The number of tetrazole rings is 1. The molecule has 7 nitrogen and oxygen atoms in total. The summed E-state index contributed by atoms with van der Waals surface area (Å²) in [5.74, 6) is 0.108. The molecule has 0 unspecified atom stereocenters. The molecule has 0 aliphatic carbocycles. The normalized spacial score (nSPS) is 10.9. The van der Waals surface area contributed by atoms with Gasteiger partial charge in [-0.15, -0.1) is 16.4 Å². The second-order valence-corrected chi connectivity index (χ2v) is 7.12. The summed E-state index contributed by atoms with van der Waals surface area (Å²) in [5.41, 5.74) is 1.54. The minimum atomic E-state index is -0.426. The molecule has 0 aliphatic heterocycles. The van der Waals surface area contributed by atoms with Crippen LogP contribution < -0.4 is 0 Å². The van der Waals surface area contributed by atoms with Gasteiger partial charge in [0.1, 0.15) is 9.88 Å². The number of hydrogen-bond acceptors (Lipinski definition) is 7. The first-order valence-electron chi connectivity index (χ1n) is 8.24. The standard InChI is InChI=1S/C17H18ClN5O2S/c1-3-4-9-23-14(20-21-22-23)10-25-17(24)15-11(2)19-16(26-15)12-5-7-13(18)8-6-12/h5-8H,3-4,9-10H2,1-2H3. The maximum atomic E-state index is 12.4. The molecule has 136 valence electrons. The van der Waals surface area contributed by atoms with Crippen molar-refractivity contribution < 1.29 is 9.53 Å². The lowest BCUT2D eigenvalue weighted by molar-refractivity contribution is 0.0461. The van der Waals surface area contributed by atoms with Crippen LogP contribution in [0, 0.1) is 6.92 Å². The number of unbranched alkanes of at least 4 members (excludes halogenated alkanes) is 1. The first kappa shape index (κ1) is 18.5. The fraction of sp³-hybridized carbons (Fsp3) is 0.353. The van der Waals surface area contributed by atoms with Crippen LogP contribution in [0.4, 0.5) is 0 Å². The molecule has 2 heterocycles. The predicted octanol–water partition coefficient (Wildman–Crippen LogP) is 3.92. The monoisotopic (exact) mass is 391 g/mol. The van der Waals surface area contributed by atoms with E-state index in [9.17, 15) is 4.79 Å². The Morgan fingerprint density at radius 3 is 2.81 bits per heavy atom. The number of carbonyl (C=O) groups excluding carboxylic acids is 1. The Morgan fingerprint density at radius 2 is 2.08 bits per heavy atom. The molecular formula is C17H18ClN5O2S. The van der Waals surface area contributed by atoms with E-state index in [0.717, 1.165) is 23.4 Å². The predicted molar refractivity (Wildman–Crippen MR) is 99.1 cm³/mol. The van der Waals surface area contributed by atoms with Crippen molar-refractivity contribution in [3.8, 4) is 10.6 Å². The number of benzene rings is 1. The van der Waals surface area contributed by atoms with Gasteiger partial charge in [0.05, 0.1) is 5.69 Å². The summed E-state index contributed by atoms with van der Waals surface area (Å²) in [7, 11) is 0. The van der Waals surface area contributed by atoms with Gasteiger partial charge in [-0.1, -0.05) is 37.1 Å². The Labute approximate surface area is 160 Å². The lowest BCUT2D eigenvalue weighted by Crippen LogP contribution is -2.11. The number of rotatable bonds is 7. The van der Waals surface area contributed by atoms with Gasteiger partial charge >= 0.3 is 5.97 Å². The first-order valence-corrected chi connectivity index (χ1v) is 9.43. The Kier molecular flexibility index (Phi) is 5.95. The van der Waals surface area contributed by atoms with E-state index in [0.29, 0.717) is 28.0 Å². The molecule has 9 heteroatoms. The van der Waals surface area contributed by atoms with E-state index in [-0.39, 0.29) is 6.61 Å². The Bertz CT molecular complexity index is 891. The Hall–Kier alpha value is -2.32. The summed E-state index contributed by atoms with van der Waals surface area (Å²) in [6, 6.07) is 7.33. The van der Waals surface area contributed by atoms with Crippen LogP contribution in [0.3, 0.4) is 0 Å². The van der Waals surface area contributed by atoms with E-state index < -0.39 is 5.97 Å². The highest BCUT2D eigenvalue weighted by Crippen LogP contribution is 2.29. The minimum absolute atomic E-state index is 0.0309. The van der Waals surface area contributed by atoms with E-state index >= 15 is 0 Å². The second-order valence-electron chi connectivity index (χ2n) is 5.69. The number of ether oxygens (including phenoxy) is 1. The molecule has 0 aliphatic rings. The molecule has 0 amide bonds. The lowest BCUT2D eigenvalue weighted by atomic mass is 10.2. The number of hydrogen-bond donors (Lipinski definition) is 0. The molecule has 0 N–H and O–H groups in total. The maximum Gasteiger partial charge on any atom is 0.350 e. The van der Waals surface area contributed by atoms with Crippen molar-refractivity contribution in [2.24, 2.45) is 0 Å². The molecule has 0 bridgehead atoms. The molecule has 1 aromatic carbocycles. The van der Waals surface area contributed by atoms with Crippen molar-refractivity contribution in [3.05, 3.63) is 45.7 Å². The topological polar surface area (TPSA) is 82.8 Å². The molecule has 0 fully saturated rings. The van der Waals surface area contributed by atoms with Crippen molar-refractivity contribution in [3.63, 3.8) is 0 Å². The van der Waals surface area contributed by atoms with Crippen LogP contribution in [-0.2, 0) is 17.9 Å². The van der Waals surface area contributed by atoms with Crippen molar-refractivity contribution >= 4 is 28.9 Å². The molecular weight excluding hydrogens is 374 g/mol. The van der Waals surface area contributed by atoms with Gasteiger partial charge in [-0.2, -0.15) is 0 Å². The van der Waals surface area contributed by atoms with Crippen molar-refractivity contribution in [2.75, 3.05) is 0 Å². The first-order chi connectivity index (χ1) is 12.6. The van der Waals surface area contributed by atoms with E-state index in [4.69, 9.17) is 16.3 Å². The largest absolute Gasteiger partial charge is 0.453 e. The number of esters is 1. The molecule has 0 saturated carbocycles. The van der Waals surface area contributed by atoms with Crippen LogP contribution in [0.5, 0.6) is 0 Å². The highest BCUT2D eigenvalue weighted by atomic mass is 35.5. The van der Waals surface area contributed by atoms with Crippen molar-refractivity contribution in [1.82, 2.24) is 25.2 Å². The third kappa shape index (κ3) is 4.25. The molecule has 26 heavy (non-hydrogen) atoms. The smallest absolute Gasteiger partial charge is 0.350 e. The number of halogens is 1. The second kappa shape index (κ2) is 8.37. The van der Waals surface area contributed by atoms with Gasteiger partial charge in [0.15, 0.2) is 12.4 Å². The van der Waals surface area contributed by atoms with Gasteiger partial charge in [0.2, 0.25) is 0 Å². The van der Waals surface area contributed by atoms with Gasteiger partial charge in [0.25, 0.3) is 0 Å². The minimum Gasteiger partial charge on any atom is -0.453 e. The van der Waals surface area contributed by atoms with Gasteiger partial charge in [-0.25, -0.2) is 14.5 Å². The molecule has 0 saturated heterocycles. The zero-order chi connectivity index (χ0) is 18.5. The van der Waals surface area contributed by atoms with Crippen LogP contribution in [-0.4, -0.2) is 31.2 Å². The highest BCUT2D eigenvalue weighted by Gasteiger charge is 2.19. The maximum absolute atomic E-state index is 12.4. The zero-order valence-corrected chi connectivity index (χ0v) is 16.0. The summed E-state index contributed by atoms with van der Waals surface area (Å²) in [6.45, 7) is 4.62. The average molecular weight is 392 g/mol. The fourth-order valence-corrected chi connectivity index (χ4v) is 3.40. The number of carbonyl (C=O) groups is 1. The number of aryl methyl sites for hydroxylation is 2. The zero-order valence-electron chi connectivity index (χ0n) is 14.5. The molecule has 3 rings (SSSR count). The SMILES string of the molecule is CCCCn1nnnc1COC(=O)c1sc(-c2ccc(Cl)cc2)nc1C. The molecule has 2 aromatic heterocycles. The third-order valence-corrected chi connectivity index (χ3v) is 5.17. The molecule has 3 aromatic rings. The summed E-state index contributed by atoms with van der Waals surface area (Å²) in [6.07, 6.45) is 2.00. The van der Waals surface area contributed by atoms with Crippen LogP contribution in [0.1, 0.15) is 41.0 Å². The van der Waals surface area contributed by atoms with E-state index in [2.05, 4.69) is 27.4 Å². The summed E-state index contributed by atoms with van der Waals surface area (Å²) >= 11 is 7.21. The van der Waals surface area contributed by atoms with Gasteiger partial charge in [0, 0.05) is 17.1 Å². The van der Waals surface area contributed by atoms with Crippen molar-refractivity contribution in [2.45, 2.75) is 39.8 Å². The van der Waals surface area contributed by atoms with Crippen LogP contribution >= 0.6 is 22.9 Å². The number of nitrogens with zero attached hydrogens (tertiary/aromatic N) is 5. The van der Waals surface area contributed by atoms with E-state index in [1.165, 1.54) is 11.3 Å². The highest BCUT2D eigenvalue weighted by molar-refractivity contribution is 7.17. The third-order valence-electron chi connectivity index (χ3n) is 3.74.